The fourth-order valence-electron chi connectivity index (χ4n) is 1.84. The number of aliphatic carboxylic acids is 1. The first-order valence-electron chi connectivity index (χ1n) is 5.97. The minimum absolute atomic E-state index is 0.0707. The van der Waals surface area contributed by atoms with E-state index < -0.39 is 34.4 Å². The third-order valence-electron chi connectivity index (χ3n) is 2.60. The van der Waals surface area contributed by atoms with Crippen molar-refractivity contribution in [1.82, 2.24) is 9.03 Å². The van der Waals surface area contributed by atoms with Gasteiger partial charge >= 0.3 is 22.3 Å². The molecule has 1 unspecified atom stereocenters. The van der Waals surface area contributed by atoms with E-state index in [0.717, 1.165) is 4.31 Å². The topological polar surface area (TPSA) is 113 Å². The van der Waals surface area contributed by atoms with E-state index in [4.69, 9.17) is 5.11 Å². The molecular weight excluding hydrogens is 276 g/mol. The van der Waals surface area contributed by atoms with E-state index in [1.54, 1.807) is 18.6 Å². The lowest BCUT2D eigenvalue weighted by atomic mass is 10.1. The van der Waals surface area contributed by atoms with Crippen molar-refractivity contribution in [2.24, 2.45) is 0 Å². The van der Waals surface area contributed by atoms with E-state index in [2.05, 4.69) is 4.74 Å². The summed E-state index contributed by atoms with van der Waals surface area (Å²) in [5.74, 6) is -1.22. The van der Waals surface area contributed by atoms with Gasteiger partial charge in [0, 0.05) is 6.54 Å². The largest absolute Gasteiger partial charge is 0.480 e. The maximum Gasteiger partial charge on any atom is 0.422 e. The Kier molecular flexibility index (Phi) is 5.12. The third kappa shape index (κ3) is 4.35. The molecule has 0 aliphatic carbocycles. The number of carboxylic acid groups (broad SMARTS) is 1. The number of nitrogens with one attached hydrogen (secondary N) is 1. The van der Waals surface area contributed by atoms with Crippen LogP contribution >= 0.6 is 0 Å². The van der Waals surface area contributed by atoms with Gasteiger partial charge in [0.1, 0.15) is 6.04 Å². The van der Waals surface area contributed by atoms with Crippen LogP contribution in [0.25, 0.3) is 0 Å². The molecule has 19 heavy (non-hydrogen) atoms. The van der Waals surface area contributed by atoms with Gasteiger partial charge in [0.2, 0.25) is 0 Å². The number of piperidine rings is 1. The van der Waals surface area contributed by atoms with Crippen molar-refractivity contribution in [2.45, 2.75) is 45.3 Å². The summed E-state index contributed by atoms with van der Waals surface area (Å²) < 4.78 is 31.1. The molecule has 1 aliphatic rings. The molecule has 8 nitrogen and oxygen atoms in total. The molecule has 0 spiro atoms. The minimum atomic E-state index is -4.19. The molecule has 1 amide bonds. The second-order valence-electron chi connectivity index (χ2n) is 4.52. The van der Waals surface area contributed by atoms with E-state index in [9.17, 15) is 18.0 Å². The molecule has 0 radical (unpaired) electrons. The number of carboxylic acids is 1. The first kappa shape index (κ1) is 15.7. The average molecular weight is 294 g/mol. The maximum atomic E-state index is 11.9. The highest BCUT2D eigenvalue weighted by atomic mass is 32.2. The molecule has 1 atom stereocenters. The second kappa shape index (κ2) is 6.20. The Hall–Kier alpha value is -1.35. The van der Waals surface area contributed by atoms with Crippen molar-refractivity contribution in [1.29, 1.82) is 0 Å². The molecule has 1 fully saturated rings. The quantitative estimate of drug-likeness (QED) is 0.771. The molecule has 1 saturated heterocycles. The Labute approximate surface area is 111 Å². The fraction of sp³-hybridized carbons (Fsp3) is 0.800. The van der Waals surface area contributed by atoms with Crippen molar-refractivity contribution >= 4 is 22.3 Å². The number of carbonyl (C=O) groups excluding carboxylic acids is 1. The SMILES string of the molecule is CC(C)OC(=O)NS(=O)(=O)N1CCCCC1C(=O)O. The van der Waals surface area contributed by atoms with E-state index in [1.807, 2.05) is 0 Å². The first-order chi connectivity index (χ1) is 8.74. The number of nitrogens with zero attached hydrogens (tertiary/aromatic N) is 1. The fourth-order valence-corrected chi connectivity index (χ4v) is 3.12. The van der Waals surface area contributed by atoms with E-state index >= 15 is 0 Å². The molecule has 1 heterocycles. The number of ether oxygens (including phenoxy) is 1. The van der Waals surface area contributed by atoms with Gasteiger partial charge < -0.3 is 9.84 Å². The smallest absolute Gasteiger partial charge is 0.422 e. The van der Waals surface area contributed by atoms with Gasteiger partial charge in [-0.3, -0.25) is 4.79 Å². The number of rotatable bonds is 4. The van der Waals surface area contributed by atoms with Crippen LogP contribution in [0, 0.1) is 0 Å². The average Bonchev–Trinajstić information content (AvgIpc) is 2.26. The van der Waals surface area contributed by atoms with Gasteiger partial charge in [0.05, 0.1) is 6.10 Å². The highest BCUT2D eigenvalue weighted by molar-refractivity contribution is 7.87. The molecule has 1 aliphatic heterocycles. The molecular formula is C10H18N2O6S. The van der Waals surface area contributed by atoms with E-state index in [1.165, 1.54) is 0 Å². The standard InChI is InChI=1S/C10H18N2O6S/c1-7(2)18-10(15)11-19(16,17)12-6-4-3-5-8(12)9(13)14/h7-8H,3-6H2,1-2H3,(H,11,15)(H,13,14). The summed E-state index contributed by atoms with van der Waals surface area (Å²) in [4.78, 5) is 22.3. The first-order valence-corrected chi connectivity index (χ1v) is 7.41. The van der Waals surface area contributed by atoms with Gasteiger partial charge in [0.25, 0.3) is 0 Å². The summed E-state index contributed by atoms with van der Waals surface area (Å²) >= 11 is 0. The Morgan fingerprint density at radius 2 is 2.00 bits per heavy atom. The van der Waals surface area contributed by atoms with Crippen LogP contribution in [-0.4, -0.2) is 48.6 Å². The zero-order valence-corrected chi connectivity index (χ0v) is 11.6. The number of amides is 1. The molecule has 0 aromatic carbocycles. The summed E-state index contributed by atoms with van der Waals surface area (Å²) in [7, 11) is -4.19. The lowest BCUT2D eigenvalue weighted by molar-refractivity contribution is -0.142. The Morgan fingerprint density at radius 1 is 1.37 bits per heavy atom. The third-order valence-corrected chi connectivity index (χ3v) is 4.08. The van der Waals surface area contributed by atoms with Gasteiger partial charge in [-0.25, -0.2) is 9.52 Å². The highest BCUT2D eigenvalue weighted by Gasteiger charge is 2.37. The van der Waals surface area contributed by atoms with E-state index in [0.29, 0.717) is 12.8 Å². The van der Waals surface area contributed by atoms with Crippen LogP contribution in [0.5, 0.6) is 0 Å². The summed E-state index contributed by atoms with van der Waals surface area (Å²) in [6, 6.07) is -1.14. The normalized spacial score (nSPS) is 21.1. The van der Waals surface area contributed by atoms with Crippen molar-refractivity contribution in [3.63, 3.8) is 0 Å². The molecule has 0 aromatic heterocycles. The van der Waals surface area contributed by atoms with Gasteiger partial charge in [-0.05, 0) is 33.1 Å². The molecule has 0 saturated carbocycles. The van der Waals surface area contributed by atoms with Crippen molar-refractivity contribution < 1.29 is 27.9 Å². The lowest BCUT2D eigenvalue weighted by Gasteiger charge is -2.31. The van der Waals surface area contributed by atoms with Crippen molar-refractivity contribution in [2.75, 3.05) is 6.54 Å². The Morgan fingerprint density at radius 3 is 2.53 bits per heavy atom. The molecule has 0 bridgehead atoms. The number of hydrogen-bond acceptors (Lipinski definition) is 5. The zero-order chi connectivity index (χ0) is 14.6. The molecule has 0 aromatic rings. The van der Waals surface area contributed by atoms with Gasteiger partial charge in [-0.15, -0.1) is 0 Å². The zero-order valence-electron chi connectivity index (χ0n) is 10.8. The van der Waals surface area contributed by atoms with Crippen LogP contribution < -0.4 is 4.72 Å². The summed E-state index contributed by atoms with van der Waals surface area (Å²) in [5.41, 5.74) is 0. The lowest BCUT2D eigenvalue weighted by Crippen LogP contribution is -2.53. The Bertz CT molecular complexity index is 447. The highest BCUT2D eigenvalue weighted by Crippen LogP contribution is 2.20. The van der Waals surface area contributed by atoms with Gasteiger partial charge in [0.15, 0.2) is 0 Å². The number of hydrogen-bond donors (Lipinski definition) is 2. The Balaban J connectivity index is 2.79. The maximum absolute atomic E-state index is 11.9. The van der Waals surface area contributed by atoms with Gasteiger partial charge in [-0.1, -0.05) is 0 Å². The van der Waals surface area contributed by atoms with Crippen LogP contribution in [0.3, 0.4) is 0 Å². The molecule has 2 N–H and O–H groups in total. The van der Waals surface area contributed by atoms with Crippen molar-refractivity contribution in [3.05, 3.63) is 0 Å². The summed E-state index contributed by atoms with van der Waals surface area (Å²) in [5, 5.41) is 9.00. The van der Waals surface area contributed by atoms with Gasteiger partial charge in [-0.2, -0.15) is 12.7 Å². The second-order valence-corrected chi connectivity index (χ2v) is 6.14. The van der Waals surface area contributed by atoms with Crippen LogP contribution in [-0.2, 0) is 19.7 Å². The predicted molar refractivity (Wildman–Crippen MR) is 65.7 cm³/mol. The van der Waals surface area contributed by atoms with E-state index in [-0.39, 0.29) is 13.0 Å². The van der Waals surface area contributed by atoms with Crippen LogP contribution in [0.2, 0.25) is 0 Å². The summed E-state index contributed by atoms with van der Waals surface area (Å²) in [6.07, 6.45) is -0.143. The summed E-state index contributed by atoms with van der Waals surface area (Å²) in [6.45, 7) is 3.22. The van der Waals surface area contributed by atoms with Crippen LogP contribution in [0.4, 0.5) is 4.79 Å². The predicted octanol–water partition coefficient (Wildman–Crippen LogP) is 0.305. The van der Waals surface area contributed by atoms with Crippen LogP contribution in [0.15, 0.2) is 0 Å². The monoisotopic (exact) mass is 294 g/mol. The number of carbonyl (C=O) groups is 2. The molecule has 110 valence electrons. The minimum Gasteiger partial charge on any atom is -0.480 e. The van der Waals surface area contributed by atoms with Crippen molar-refractivity contribution in [3.8, 4) is 0 Å². The molecule has 9 heteroatoms. The van der Waals surface area contributed by atoms with Crippen LogP contribution in [0.1, 0.15) is 33.1 Å². The molecule has 1 rings (SSSR count).